The number of β-amino-alcohol motifs (C(OH)–C–C–N with tert-alkyl or cyclic N) is 1. The molecule has 0 unspecified atom stereocenters. The van der Waals surface area contributed by atoms with Crippen LogP contribution in [0.1, 0.15) is 28.2 Å². The van der Waals surface area contributed by atoms with Gasteiger partial charge in [0.2, 0.25) is 0 Å². The minimum atomic E-state index is -1.34. The highest BCUT2D eigenvalue weighted by Gasteiger charge is 2.41. The highest BCUT2D eigenvalue weighted by Crippen LogP contribution is 2.24. The zero-order chi connectivity index (χ0) is 18.7. The first kappa shape index (κ1) is 18.5. The number of aromatic nitrogens is 3. The monoisotopic (exact) mass is 359 g/mol. The topological polar surface area (TPSA) is 104 Å². The zero-order valence-corrected chi connectivity index (χ0v) is 15.1. The molecule has 1 fully saturated rings. The Morgan fingerprint density at radius 3 is 2.88 bits per heavy atom. The fourth-order valence-electron chi connectivity index (χ4n) is 3.14. The largest absolute Gasteiger partial charge is 0.389 e. The smallest absolute Gasteiger partial charge is 0.269 e. The first-order chi connectivity index (χ1) is 12.4. The van der Waals surface area contributed by atoms with Crippen LogP contribution in [0.3, 0.4) is 0 Å². The van der Waals surface area contributed by atoms with Crippen LogP contribution in [0.25, 0.3) is 0 Å². The number of likely N-dealkylation sites (tertiary alicyclic amines) is 1. The molecule has 140 valence electrons. The Morgan fingerprint density at radius 2 is 2.27 bits per heavy atom. The van der Waals surface area contributed by atoms with E-state index < -0.39 is 11.7 Å². The normalized spacial score (nSPS) is 23.8. The maximum absolute atomic E-state index is 12.1. The summed E-state index contributed by atoms with van der Waals surface area (Å²) in [6.45, 7) is 3.63. The number of hydrogen-bond acceptors (Lipinski definition) is 6. The van der Waals surface area contributed by atoms with Gasteiger partial charge in [-0.05, 0) is 25.5 Å². The fourth-order valence-corrected chi connectivity index (χ4v) is 3.14. The third-order valence-electron chi connectivity index (χ3n) is 5.10. The summed E-state index contributed by atoms with van der Waals surface area (Å²) in [5.41, 5.74) is 1.14. The number of aliphatic hydroxyl groups is 2. The Bertz CT molecular complexity index is 763. The van der Waals surface area contributed by atoms with Crippen molar-refractivity contribution in [1.82, 2.24) is 25.0 Å². The predicted molar refractivity (Wildman–Crippen MR) is 95.4 cm³/mol. The van der Waals surface area contributed by atoms with Crippen molar-refractivity contribution in [2.24, 2.45) is 7.05 Å². The number of aryl methyl sites for hydroxylation is 1. The molecule has 0 aliphatic carbocycles. The molecule has 2 aromatic heterocycles. The van der Waals surface area contributed by atoms with Gasteiger partial charge in [-0.25, -0.2) is 0 Å². The van der Waals surface area contributed by atoms with Crippen molar-refractivity contribution < 1.29 is 15.0 Å². The Hall–Kier alpha value is -2.29. The molecule has 1 saturated heterocycles. The molecule has 1 amide bonds. The second-order valence-corrected chi connectivity index (χ2v) is 6.88. The van der Waals surface area contributed by atoms with Crippen LogP contribution in [0.5, 0.6) is 0 Å². The molecule has 0 saturated carbocycles. The van der Waals surface area contributed by atoms with Gasteiger partial charge in [0.15, 0.2) is 0 Å². The van der Waals surface area contributed by atoms with Crippen LogP contribution in [0.4, 0.5) is 0 Å². The summed E-state index contributed by atoms with van der Waals surface area (Å²) in [6, 6.07) is 5.06. The van der Waals surface area contributed by atoms with Crippen LogP contribution in [0.15, 0.2) is 30.6 Å². The summed E-state index contributed by atoms with van der Waals surface area (Å²) in [7, 11) is 1.90. The highest BCUT2D eigenvalue weighted by atomic mass is 16.3. The van der Waals surface area contributed by atoms with Crippen molar-refractivity contribution in [3.05, 3.63) is 47.5 Å². The van der Waals surface area contributed by atoms with Crippen LogP contribution in [0.2, 0.25) is 0 Å². The number of carbonyl (C=O) groups excluding carboxylic acids is 1. The van der Waals surface area contributed by atoms with Crippen molar-refractivity contribution in [2.45, 2.75) is 31.6 Å². The van der Waals surface area contributed by atoms with Crippen molar-refractivity contribution in [3.8, 4) is 0 Å². The number of carbonyl (C=O) groups is 1. The van der Waals surface area contributed by atoms with Crippen LogP contribution in [-0.4, -0.2) is 67.1 Å². The van der Waals surface area contributed by atoms with Crippen molar-refractivity contribution in [3.63, 3.8) is 0 Å². The van der Waals surface area contributed by atoms with E-state index in [0.717, 1.165) is 11.3 Å². The van der Waals surface area contributed by atoms with Crippen LogP contribution in [-0.2, 0) is 13.6 Å². The second-order valence-electron chi connectivity index (χ2n) is 6.88. The van der Waals surface area contributed by atoms with E-state index >= 15 is 0 Å². The Labute approximate surface area is 152 Å². The molecular weight excluding hydrogens is 334 g/mol. The quantitative estimate of drug-likeness (QED) is 0.686. The zero-order valence-electron chi connectivity index (χ0n) is 15.1. The first-order valence-electron chi connectivity index (χ1n) is 8.68. The second kappa shape index (κ2) is 7.53. The average molecular weight is 359 g/mol. The molecule has 0 radical (unpaired) electrons. The molecule has 3 heterocycles. The number of nitrogens with one attached hydrogen (secondary N) is 1. The van der Waals surface area contributed by atoms with Gasteiger partial charge in [0, 0.05) is 50.7 Å². The molecule has 3 rings (SSSR count). The summed E-state index contributed by atoms with van der Waals surface area (Å²) in [5.74, 6) is -0.361. The lowest BCUT2D eigenvalue weighted by molar-refractivity contribution is -0.116. The van der Waals surface area contributed by atoms with Gasteiger partial charge < -0.3 is 15.5 Å². The molecule has 8 heteroatoms. The maximum atomic E-state index is 12.1. The maximum Gasteiger partial charge on any atom is 0.269 e. The summed E-state index contributed by atoms with van der Waals surface area (Å²) in [4.78, 5) is 18.2. The number of pyridine rings is 1. The Kier molecular flexibility index (Phi) is 5.36. The minimum Gasteiger partial charge on any atom is -0.389 e. The van der Waals surface area contributed by atoms with Gasteiger partial charge >= 0.3 is 0 Å². The van der Waals surface area contributed by atoms with E-state index in [9.17, 15) is 15.0 Å². The molecule has 2 atom stereocenters. The Morgan fingerprint density at radius 1 is 1.46 bits per heavy atom. The first-order valence-corrected chi connectivity index (χ1v) is 8.68. The number of hydrogen-bond donors (Lipinski definition) is 3. The van der Waals surface area contributed by atoms with Crippen LogP contribution >= 0.6 is 0 Å². The summed E-state index contributed by atoms with van der Waals surface area (Å²) in [5, 5.41) is 28.1. The highest BCUT2D eigenvalue weighted by molar-refractivity contribution is 5.92. The average Bonchev–Trinajstić information content (AvgIpc) is 2.96. The van der Waals surface area contributed by atoms with Gasteiger partial charge in [-0.2, -0.15) is 5.10 Å². The minimum absolute atomic E-state index is 0.0106. The van der Waals surface area contributed by atoms with E-state index in [0.29, 0.717) is 26.1 Å². The Balaban J connectivity index is 1.55. The van der Waals surface area contributed by atoms with Gasteiger partial charge in [-0.1, -0.05) is 6.07 Å². The van der Waals surface area contributed by atoms with Crippen molar-refractivity contribution in [1.29, 1.82) is 0 Å². The lowest BCUT2D eigenvalue weighted by Crippen LogP contribution is -2.60. The summed E-state index contributed by atoms with van der Waals surface area (Å²) < 4.78 is 1.82. The third-order valence-corrected chi connectivity index (χ3v) is 5.10. The molecule has 1 aliphatic rings. The molecule has 0 bridgehead atoms. The lowest BCUT2D eigenvalue weighted by Gasteiger charge is -2.42. The summed E-state index contributed by atoms with van der Waals surface area (Å²) in [6.07, 6.45) is 2.79. The molecule has 0 spiro atoms. The lowest BCUT2D eigenvalue weighted by atomic mass is 9.88. The number of piperidine rings is 1. The van der Waals surface area contributed by atoms with Crippen molar-refractivity contribution >= 4 is 5.91 Å². The van der Waals surface area contributed by atoms with Gasteiger partial charge in [0.05, 0.1) is 12.3 Å². The van der Waals surface area contributed by atoms with E-state index in [4.69, 9.17) is 0 Å². The number of amides is 1. The standard InChI is InChI=1S/C18H25N5O3/c1-13-14(9-21-22(13)2)10-23-8-6-18(26,16(24)11-23)12-20-17(25)15-5-3-4-7-19-15/h3-5,7,9,16,24,26H,6,8,10-12H2,1-2H3,(H,20,25)/t16-,18-/m1/s1. The fraction of sp³-hybridized carbons (Fsp3) is 0.500. The van der Waals surface area contributed by atoms with Crippen molar-refractivity contribution in [2.75, 3.05) is 19.6 Å². The van der Waals surface area contributed by atoms with E-state index in [1.165, 1.54) is 6.20 Å². The molecule has 8 nitrogen and oxygen atoms in total. The van der Waals surface area contributed by atoms with Gasteiger partial charge in [-0.3, -0.25) is 19.4 Å². The number of rotatable bonds is 5. The van der Waals surface area contributed by atoms with E-state index in [1.807, 2.05) is 24.9 Å². The third kappa shape index (κ3) is 3.92. The molecular formula is C18H25N5O3. The van der Waals surface area contributed by atoms with E-state index in [2.05, 4.69) is 20.3 Å². The molecule has 1 aliphatic heterocycles. The molecule has 26 heavy (non-hydrogen) atoms. The van der Waals surface area contributed by atoms with E-state index in [-0.39, 0.29) is 18.1 Å². The summed E-state index contributed by atoms with van der Waals surface area (Å²) >= 11 is 0. The molecule has 0 aromatic carbocycles. The van der Waals surface area contributed by atoms with E-state index in [1.54, 1.807) is 18.2 Å². The van der Waals surface area contributed by atoms with Gasteiger partial charge in [0.25, 0.3) is 5.91 Å². The molecule has 2 aromatic rings. The number of aliphatic hydroxyl groups excluding tert-OH is 1. The molecule has 3 N–H and O–H groups in total. The predicted octanol–water partition coefficient (Wildman–Crippen LogP) is -0.149. The van der Waals surface area contributed by atoms with Crippen LogP contribution in [0, 0.1) is 6.92 Å². The van der Waals surface area contributed by atoms with Gasteiger partial charge in [-0.15, -0.1) is 0 Å². The van der Waals surface area contributed by atoms with Gasteiger partial charge in [0.1, 0.15) is 11.3 Å². The SMILES string of the molecule is Cc1c(CN2CC[C@@](O)(CNC(=O)c3ccccn3)[C@H](O)C2)cnn1C. The number of nitrogens with zero attached hydrogens (tertiary/aromatic N) is 4. The van der Waals surface area contributed by atoms with Crippen LogP contribution < -0.4 is 5.32 Å².